The maximum atomic E-state index is 14.1. The molecule has 0 aliphatic carbocycles. The van der Waals surface area contributed by atoms with Crippen molar-refractivity contribution in [2.24, 2.45) is 0 Å². The van der Waals surface area contributed by atoms with Crippen molar-refractivity contribution in [2.45, 2.75) is 13.8 Å². The fourth-order valence-corrected chi connectivity index (χ4v) is 1.94. The van der Waals surface area contributed by atoms with Gasteiger partial charge in [-0.25, -0.2) is 4.39 Å². The Morgan fingerprint density at radius 3 is 2.41 bits per heavy atom. The van der Waals surface area contributed by atoms with Gasteiger partial charge in [-0.1, -0.05) is 36.1 Å². The number of aliphatic hydroxyl groups is 1. The summed E-state index contributed by atoms with van der Waals surface area (Å²) in [5.41, 5.74) is 2.25. The fourth-order valence-electron chi connectivity index (χ4n) is 1.94. The van der Waals surface area contributed by atoms with E-state index in [4.69, 9.17) is 5.11 Å². The van der Waals surface area contributed by atoms with Crippen molar-refractivity contribution in [2.75, 3.05) is 6.61 Å². The summed E-state index contributed by atoms with van der Waals surface area (Å²) < 4.78 is 14.1. The van der Waals surface area contributed by atoms with Gasteiger partial charge < -0.3 is 5.11 Å². The molecule has 0 saturated carbocycles. The number of rotatable bonds is 0. The van der Waals surface area contributed by atoms with Crippen molar-refractivity contribution >= 4 is 10.8 Å². The first-order valence-corrected chi connectivity index (χ1v) is 5.44. The van der Waals surface area contributed by atoms with E-state index in [1.165, 1.54) is 0 Å². The van der Waals surface area contributed by atoms with Crippen molar-refractivity contribution in [3.05, 3.63) is 46.8 Å². The lowest BCUT2D eigenvalue weighted by Crippen LogP contribution is -1.95. The molecule has 2 heteroatoms. The molecule has 0 spiro atoms. The van der Waals surface area contributed by atoms with E-state index >= 15 is 0 Å². The van der Waals surface area contributed by atoms with E-state index in [2.05, 4.69) is 11.8 Å². The van der Waals surface area contributed by atoms with Gasteiger partial charge in [0.1, 0.15) is 12.4 Å². The van der Waals surface area contributed by atoms with E-state index in [9.17, 15) is 4.39 Å². The summed E-state index contributed by atoms with van der Waals surface area (Å²) in [6, 6.07) is 7.28. The predicted molar refractivity (Wildman–Crippen MR) is 67.3 cm³/mol. The molecule has 0 aromatic heterocycles. The van der Waals surface area contributed by atoms with Gasteiger partial charge in [-0.3, -0.25) is 0 Å². The minimum absolute atomic E-state index is 0.187. The largest absolute Gasteiger partial charge is 0.384 e. The highest BCUT2D eigenvalue weighted by atomic mass is 19.1. The Bertz CT molecular complexity index is 633. The van der Waals surface area contributed by atoms with Gasteiger partial charge in [0.2, 0.25) is 0 Å². The van der Waals surface area contributed by atoms with Crippen LogP contribution in [-0.2, 0) is 0 Å². The quantitative estimate of drug-likeness (QED) is 0.687. The van der Waals surface area contributed by atoms with E-state index in [1.807, 2.05) is 25.1 Å². The minimum atomic E-state index is -0.190. The normalized spacial score (nSPS) is 10.1. The first-order chi connectivity index (χ1) is 8.16. The third kappa shape index (κ3) is 1.90. The van der Waals surface area contributed by atoms with E-state index in [-0.39, 0.29) is 12.4 Å². The standard InChI is InChI=1S/C15H13FO/c1-10-11(2)15(16)14-7-4-3-6-13(14)12(10)8-5-9-17/h3-4,6-7,17H,9H2,1-2H3. The minimum Gasteiger partial charge on any atom is -0.384 e. The van der Waals surface area contributed by atoms with Crippen LogP contribution < -0.4 is 0 Å². The van der Waals surface area contributed by atoms with Gasteiger partial charge in [0.05, 0.1) is 0 Å². The summed E-state index contributed by atoms with van der Waals surface area (Å²) in [7, 11) is 0. The maximum absolute atomic E-state index is 14.1. The summed E-state index contributed by atoms with van der Waals surface area (Å²) in [6.45, 7) is 3.41. The summed E-state index contributed by atoms with van der Waals surface area (Å²) >= 11 is 0. The SMILES string of the molecule is Cc1c(C)c(C#CCO)c2ccccc2c1F. The zero-order chi connectivity index (χ0) is 12.4. The van der Waals surface area contributed by atoms with Gasteiger partial charge in [-0.15, -0.1) is 0 Å². The van der Waals surface area contributed by atoms with Crippen LogP contribution in [0.4, 0.5) is 4.39 Å². The number of aliphatic hydroxyl groups excluding tert-OH is 1. The zero-order valence-corrected chi connectivity index (χ0v) is 9.84. The molecule has 2 aromatic rings. The van der Waals surface area contributed by atoms with E-state index in [0.717, 1.165) is 16.5 Å². The number of hydrogen-bond acceptors (Lipinski definition) is 1. The molecule has 0 aliphatic heterocycles. The summed E-state index contributed by atoms with van der Waals surface area (Å²) in [6.07, 6.45) is 0. The third-order valence-electron chi connectivity index (χ3n) is 2.99. The van der Waals surface area contributed by atoms with Gasteiger partial charge in [-0.2, -0.15) is 0 Å². The average molecular weight is 228 g/mol. The second-order valence-corrected chi connectivity index (χ2v) is 3.94. The smallest absolute Gasteiger partial charge is 0.134 e. The molecule has 2 rings (SSSR count). The highest BCUT2D eigenvalue weighted by Gasteiger charge is 2.12. The molecule has 0 atom stereocenters. The first kappa shape index (κ1) is 11.6. The van der Waals surface area contributed by atoms with Crippen molar-refractivity contribution < 1.29 is 9.50 Å². The molecule has 1 N–H and O–H groups in total. The van der Waals surface area contributed by atoms with E-state index in [0.29, 0.717) is 10.9 Å². The van der Waals surface area contributed by atoms with Gasteiger partial charge in [0.25, 0.3) is 0 Å². The van der Waals surface area contributed by atoms with E-state index < -0.39 is 0 Å². The van der Waals surface area contributed by atoms with Crippen molar-refractivity contribution in [1.82, 2.24) is 0 Å². The molecule has 0 unspecified atom stereocenters. The van der Waals surface area contributed by atoms with Crippen LogP contribution in [0.25, 0.3) is 10.8 Å². The first-order valence-electron chi connectivity index (χ1n) is 5.44. The van der Waals surface area contributed by atoms with E-state index in [1.54, 1.807) is 13.0 Å². The fraction of sp³-hybridized carbons (Fsp3) is 0.200. The topological polar surface area (TPSA) is 20.2 Å². The molecule has 0 amide bonds. The van der Waals surface area contributed by atoms with Crippen LogP contribution in [0.2, 0.25) is 0 Å². The molecule has 0 saturated heterocycles. The number of fused-ring (bicyclic) bond motifs is 1. The van der Waals surface area contributed by atoms with Gasteiger partial charge in [0.15, 0.2) is 0 Å². The van der Waals surface area contributed by atoms with Crippen molar-refractivity contribution in [1.29, 1.82) is 0 Å². The van der Waals surface area contributed by atoms with Gasteiger partial charge in [0, 0.05) is 16.3 Å². The van der Waals surface area contributed by atoms with Crippen LogP contribution >= 0.6 is 0 Å². The third-order valence-corrected chi connectivity index (χ3v) is 2.99. The Morgan fingerprint density at radius 1 is 1.12 bits per heavy atom. The average Bonchev–Trinajstić information content (AvgIpc) is 2.36. The molecule has 1 nitrogen and oxygen atoms in total. The lowest BCUT2D eigenvalue weighted by atomic mass is 9.95. The van der Waals surface area contributed by atoms with Crippen LogP contribution in [-0.4, -0.2) is 11.7 Å². The molecule has 0 fully saturated rings. The maximum Gasteiger partial charge on any atom is 0.134 e. The summed E-state index contributed by atoms with van der Waals surface area (Å²) in [5, 5.41) is 10.1. The van der Waals surface area contributed by atoms with Crippen molar-refractivity contribution in [3.8, 4) is 11.8 Å². The molecule has 0 bridgehead atoms. The molecule has 0 heterocycles. The van der Waals surface area contributed by atoms with Crippen LogP contribution in [0, 0.1) is 31.5 Å². The Labute approximate surface area is 99.9 Å². The Balaban J connectivity index is 2.90. The summed E-state index contributed by atoms with van der Waals surface area (Å²) in [4.78, 5) is 0. The molecule has 0 aliphatic rings. The number of hydrogen-bond donors (Lipinski definition) is 1. The predicted octanol–water partition coefficient (Wildman–Crippen LogP) is 2.94. The molecular formula is C15H13FO. The van der Waals surface area contributed by atoms with Crippen LogP contribution in [0.1, 0.15) is 16.7 Å². The summed E-state index contributed by atoms with van der Waals surface area (Å²) in [5.74, 6) is 5.35. The van der Waals surface area contributed by atoms with Crippen LogP contribution in [0.15, 0.2) is 24.3 Å². The Morgan fingerprint density at radius 2 is 1.76 bits per heavy atom. The molecule has 86 valence electrons. The second kappa shape index (κ2) is 4.57. The van der Waals surface area contributed by atoms with Gasteiger partial charge in [-0.05, 0) is 25.0 Å². The second-order valence-electron chi connectivity index (χ2n) is 3.94. The molecular weight excluding hydrogens is 215 g/mol. The molecule has 0 radical (unpaired) electrons. The van der Waals surface area contributed by atoms with Crippen molar-refractivity contribution in [3.63, 3.8) is 0 Å². The van der Waals surface area contributed by atoms with Crippen LogP contribution in [0.3, 0.4) is 0 Å². The molecule has 17 heavy (non-hydrogen) atoms. The van der Waals surface area contributed by atoms with Crippen LogP contribution in [0.5, 0.6) is 0 Å². The number of halogens is 1. The lowest BCUT2D eigenvalue weighted by Gasteiger charge is -2.10. The molecule has 2 aromatic carbocycles. The highest BCUT2D eigenvalue weighted by molar-refractivity contribution is 5.90. The zero-order valence-electron chi connectivity index (χ0n) is 9.84. The Hall–Kier alpha value is -1.85. The number of benzene rings is 2. The Kier molecular flexibility index (Phi) is 3.12. The highest BCUT2D eigenvalue weighted by Crippen LogP contribution is 2.28. The van der Waals surface area contributed by atoms with Gasteiger partial charge >= 0.3 is 0 Å². The lowest BCUT2D eigenvalue weighted by molar-refractivity contribution is 0.350. The monoisotopic (exact) mass is 228 g/mol.